The minimum Gasteiger partial charge on any atom is -0.357 e. The summed E-state index contributed by atoms with van der Waals surface area (Å²) in [6.07, 6.45) is 1.09. The maximum atomic E-state index is 13.9. The minimum absolute atomic E-state index is 0.0157. The lowest BCUT2D eigenvalue weighted by Gasteiger charge is -2.37. The highest BCUT2D eigenvalue weighted by atomic mass is 35.5. The van der Waals surface area contributed by atoms with Gasteiger partial charge in [0.05, 0.1) is 24.0 Å². The van der Waals surface area contributed by atoms with Crippen LogP contribution in [0.4, 0.5) is 15.8 Å². The van der Waals surface area contributed by atoms with E-state index in [0.717, 1.165) is 28.2 Å². The second-order valence-corrected chi connectivity index (χ2v) is 10.9. The first-order valence-corrected chi connectivity index (χ1v) is 12.7. The summed E-state index contributed by atoms with van der Waals surface area (Å²) < 4.78 is 13.9. The van der Waals surface area contributed by atoms with Crippen molar-refractivity contribution >= 4 is 34.7 Å². The minimum atomic E-state index is -0.545. The van der Waals surface area contributed by atoms with Gasteiger partial charge in [-0.25, -0.2) is 4.39 Å². The Labute approximate surface area is 221 Å². The number of anilines is 2. The number of fused-ring (bicyclic) bond motifs is 1. The van der Waals surface area contributed by atoms with Gasteiger partial charge in [-0.3, -0.25) is 9.59 Å². The van der Waals surface area contributed by atoms with Crippen LogP contribution in [0.2, 0.25) is 5.02 Å². The molecular weight excluding hydrogens is 489 g/mol. The van der Waals surface area contributed by atoms with E-state index in [4.69, 9.17) is 11.6 Å². The molecule has 1 atom stereocenters. The number of Topliss-reactive ketones (excluding diaryl/α,β-unsaturated/α-hetero) is 1. The van der Waals surface area contributed by atoms with Gasteiger partial charge in [0.25, 0.3) is 0 Å². The number of carbonyl (C=O) groups is 2. The number of hydrogen-bond acceptors (Lipinski definition) is 4. The summed E-state index contributed by atoms with van der Waals surface area (Å²) in [5, 5.41) is 7.15. The highest BCUT2D eigenvalue weighted by Crippen LogP contribution is 2.48. The van der Waals surface area contributed by atoms with Gasteiger partial charge in [-0.1, -0.05) is 61.8 Å². The monoisotopic (exact) mass is 517 g/mol. The molecule has 1 amide bonds. The molecule has 0 fully saturated rings. The number of carbonyl (C=O) groups excluding carboxylic acids is 2. The number of allylic oxidation sites excluding steroid dienone is 1. The van der Waals surface area contributed by atoms with Gasteiger partial charge >= 0.3 is 0 Å². The van der Waals surface area contributed by atoms with Crippen molar-refractivity contribution in [2.75, 3.05) is 16.8 Å². The molecule has 1 heterocycles. The maximum absolute atomic E-state index is 13.9. The lowest BCUT2D eigenvalue weighted by Crippen LogP contribution is -2.41. The maximum Gasteiger partial charge on any atom is 0.239 e. The first-order valence-electron chi connectivity index (χ1n) is 12.4. The van der Waals surface area contributed by atoms with Gasteiger partial charge in [0, 0.05) is 29.3 Å². The van der Waals surface area contributed by atoms with Crippen LogP contribution < -0.4 is 15.5 Å². The van der Waals surface area contributed by atoms with Crippen molar-refractivity contribution in [1.29, 1.82) is 0 Å². The molecule has 0 aromatic heterocycles. The molecule has 0 saturated carbocycles. The van der Waals surface area contributed by atoms with Gasteiger partial charge in [0.2, 0.25) is 5.91 Å². The molecule has 37 heavy (non-hydrogen) atoms. The van der Waals surface area contributed by atoms with Crippen molar-refractivity contribution in [2.24, 2.45) is 5.41 Å². The van der Waals surface area contributed by atoms with Gasteiger partial charge in [-0.05, 0) is 59.4 Å². The van der Waals surface area contributed by atoms with E-state index in [2.05, 4.69) is 24.5 Å². The van der Waals surface area contributed by atoms with Crippen molar-refractivity contribution < 1.29 is 14.0 Å². The largest absolute Gasteiger partial charge is 0.357 e. The number of benzene rings is 3. The Kier molecular flexibility index (Phi) is 6.78. The van der Waals surface area contributed by atoms with Crippen LogP contribution in [-0.2, 0) is 16.1 Å². The Morgan fingerprint density at radius 3 is 2.49 bits per heavy atom. The third-order valence-electron chi connectivity index (χ3n) is 6.91. The van der Waals surface area contributed by atoms with E-state index in [9.17, 15) is 14.0 Å². The molecule has 1 aliphatic heterocycles. The lowest BCUT2D eigenvalue weighted by atomic mass is 9.73. The molecule has 0 saturated heterocycles. The van der Waals surface area contributed by atoms with Crippen molar-refractivity contribution in [3.8, 4) is 0 Å². The highest BCUT2D eigenvalue weighted by Gasteiger charge is 2.41. The Bertz CT molecular complexity index is 1370. The van der Waals surface area contributed by atoms with Crippen LogP contribution in [0.5, 0.6) is 0 Å². The van der Waals surface area contributed by atoms with Crippen LogP contribution in [0, 0.1) is 11.2 Å². The predicted octanol–water partition coefficient (Wildman–Crippen LogP) is 6.41. The number of nitrogens with zero attached hydrogens (tertiary/aromatic N) is 1. The van der Waals surface area contributed by atoms with E-state index in [-0.39, 0.29) is 29.5 Å². The normalized spacial score (nSPS) is 18.4. The van der Waals surface area contributed by atoms with Crippen molar-refractivity contribution in [3.05, 3.63) is 106 Å². The molecule has 1 aliphatic carbocycles. The third-order valence-corrected chi connectivity index (χ3v) is 7.16. The van der Waals surface area contributed by atoms with Crippen molar-refractivity contribution in [3.63, 3.8) is 0 Å². The van der Waals surface area contributed by atoms with Gasteiger partial charge < -0.3 is 15.5 Å². The fraction of sp³-hybridized carbons (Fsp3) is 0.267. The Balaban J connectivity index is 1.56. The van der Waals surface area contributed by atoms with Crippen LogP contribution in [0.1, 0.15) is 43.9 Å². The number of para-hydroxylation sites is 2. The average Bonchev–Trinajstić information content (AvgIpc) is 2.98. The zero-order valence-corrected chi connectivity index (χ0v) is 21.6. The lowest BCUT2D eigenvalue weighted by molar-refractivity contribution is -0.120. The third kappa shape index (κ3) is 5.39. The Hall–Kier alpha value is -3.64. The van der Waals surface area contributed by atoms with Crippen LogP contribution in [-0.4, -0.2) is 18.2 Å². The number of ketones is 1. The van der Waals surface area contributed by atoms with E-state index in [1.807, 2.05) is 41.3 Å². The van der Waals surface area contributed by atoms with Gasteiger partial charge in [0.1, 0.15) is 5.82 Å². The summed E-state index contributed by atoms with van der Waals surface area (Å²) in [5.41, 5.74) is 4.61. The first kappa shape index (κ1) is 25.0. The van der Waals surface area contributed by atoms with Crippen LogP contribution in [0.15, 0.2) is 84.1 Å². The number of rotatable bonds is 5. The van der Waals surface area contributed by atoms with Crippen LogP contribution in [0.3, 0.4) is 0 Å². The number of hydrogen-bond donors (Lipinski definition) is 2. The second-order valence-electron chi connectivity index (χ2n) is 10.5. The summed E-state index contributed by atoms with van der Waals surface area (Å²) in [4.78, 5) is 28.9. The molecular formula is C30H29ClFN3O2. The summed E-state index contributed by atoms with van der Waals surface area (Å²) in [6, 6.07) is 20.7. The molecule has 190 valence electrons. The van der Waals surface area contributed by atoms with Crippen LogP contribution in [0.25, 0.3) is 0 Å². The molecule has 0 radical (unpaired) electrons. The molecule has 5 rings (SSSR count). The zero-order valence-electron chi connectivity index (χ0n) is 20.9. The molecule has 7 heteroatoms. The summed E-state index contributed by atoms with van der Waals surface area (Å²) in [7, 11) is 0. The van der Waals surface area contributed by atoms with Gasteiger partial charge in [0.15, 0.2) is 5.78 Å². The highest BCUT2D eigenvalue weighted by molar-refractivity contribution is 6.30. The van der Waals surface area contributed by atoms with E-state index >= 15 is 0 Å². The fourth-order valence-corrected chi connectivity index (χ4v) is 5.36. The molecule has 0 spiro atoms. The average molecular weight is 518 g/mol. The Morgan fingerprint density at radius 1 is 1.05 bits per heavy atom. The van der Waals surface area contributed by atoms with Crippen molar-refractivity contribution in [2.45, 2.75) is 39.3 Å². The van der Waals surface area contributed by atoms with E-state index in [1.165, 1.54) is 12.1 Å². The second kappa shape index (κ2) is 10.0. The van der Waals surface area contributed by atoms with Gasteiger partial charge in [-0.15, -0.1) is 0 Å². The van der Waals surface area contributed by atoms with Crippen LogP contribution >= 0.6 is 11.6 Å². The molecule has 2 N–H and O–H groups in total. The van der Waals surface area contributed by atoms with Crippen molar-refractivity contribution in [1.82, 2.24) is 5.32 Å². The quantitative estimate of drug-likeness (QED) is 0.410. The molecule has 1 unspecified atom stereocenters. The van der Waals surface area contributed by atoms with E-state index in [0.29, 0.717) is 30.0 Å². The van der Waals surface area contributed by atoms with Gasteiger partial charge in [-0.2, -0.15) is 0 Å². The molecule has 2 aliphatic rings. The summed E-state index contributed by atoms with van der Waals surface area (Å²) in [6.45, 7) is 4.54. The number of nitrogens with one attached hydrogen (secondary N) is 2. The number of amides is 1. The molecule has 0 bridgehead atoms. The smallest absolute Gasteiger partial charge is 0.239 e. The van der Waals surface area contributed by atoms with E-state index < -0.39 is 6.04 Å². The summed E-state index contributed by atoms with van der Waals surface area (Å²) >= 11 is 5.98. The summed E-state index contributed by atoms with van der Waals surface area (Å²) in [5.74, 6) is -0.509. The Morgan fingerprint density at radius 2 is 1.76 bits per heavy atom. The SMILES string of the molecule is CC1(C)CC(=O)C2=C(C1)Nc1ccccc1N(CC(=O)NCc1ccc(Cl)cc1)C2c1ccc(F)cc1. The first-order chi connectivity index (χ1) is 17.7. The molecule has 5 nitrogen and oxygen atoms in total. The molecule has 3 aromatic carbocycles. The topological polar surface area (TPSA) is 61.4 Å². The fourth-order valence-electron chi connectivity index (χ4n) is 5.23. The molecule has 3 aromatic rings. The zero-order chi connectivity index (χ0) is 26.2. The number of halogens is 2. The van der Waals surface area contributed by atoms with E-state index in [1.54, 1.807) is 24.3 Å². The standard InChI is InChI=1S/C30H29ClFN3O2/c1-30(2)15-24-28(26(36)16-30)29(20-9-13-22(32)14-10-20)35(25-6-4-3-5-23(25)34-24)18-27(37)33-17-19-7-11-21(31)12-8-19/h3-14,29,34H,15-18H2,1-2H3,(H,33,37). The predicted molar refractivity (Wildman–Crippen MR) is 145 cm³/mol.